The minimum absolute atomic E-state index is 0.0228. The van der Waals surface area contributed by atoms with Crippen LogP contribution in [0.15, 0.2) is 67.0 Å². The first-order chi connectivity index (χ1) is 15.1. The first-order valence-corrected chi connectivity index (χ1v) is 10.3. The lowest BCUT2D eigenvalue weighted by Gasteiger charge is -2.36. The Balaban J connectivity index is 1.42. The molecule has 4 rings (SSSR count). The number of nitrogens with two attached hydrogens (primary N) is 1. The van der Waals surface area contributed by atoms with Crippen molar-refractivity contribution in [3.63, 3.8) is 0 Å². The monoisotopic (exact) mass is 420 g/mol. The number of nitrogens with zero attached hydrogens (tertiary/aromatic N) is 3. The Hall–Kier alpha value is -3.45. The van der Waals surface area contributed by atoms with Crippen molar-refractivity contribution in [2.45, 2.75) is 6.42 Å². The number of carbonyl (C=O) groups excluding carboxylic acids is 1. The molecule has 1 amide bonds. The van der Waals surface area contributed by atoms with Gasteiger partial charge < -0.3 is 20.3 Å². The minimum Gasteiger partial charge on any atom is -0.457 e. The van der Waals surface area contributed by atoms with Crippen molar-refractivity contribution in [1.29, 1.82) is 0 Å². The van der Waals surface area contributed by atoms with E-state index < -0.39 is 5.82 Å². The van der Waals surface area contributed by atoms with E-state index in [1.165, 1.54) is 18.2 Å². The zero-order valence-electron chi connectivity index (χ0n) is 17.2. The van der Waals surface area contributed by atoms with Crippen LogP contribution in [-0.4, -0.2) is 48.5 Å². The summed E-state index contributed by atoms with van der Waals surface area (Å²) in [5.41, 5.74) is 7.79. The Labute approximate surface area is 181 Å². The number of anilines is 1. The van der Waals surface area contributed by atoms with E-state index in [0.29, 0.717) is 44.2 Å². The van der Waals surface area contributed by atoms with Crippen LogP contribution in [0.25, 0.3) is 0 Å². The molecule has 160 valence electrons. The lowest BCUT2D eigenvalue weighted by atomic mass is 10.1. The predicted molar refractivity (Wildman–Crippen MR) is 118 cm³/mol. The van der Waals surface area contributed by atoms with Gasteiger partial charge in [0.15, 0.2) is 0 Å². The van der Waals surface area contributed by atoms with E-state index >= 15 is 0 Å². The molecule has 0 atom stereocenters. The van der Waals surface area contributed by atoms with Crippen LogP contribution in [0, 0.1) is 5.82 Å². The highest BCUT2D eigenvalue weighted by Crippen LogP contribution is 2.25. The van der Waals surface area contributed by atoms with Crippen LogP contribution >= 0.6 is 0 Å². The van der Waals surface area contributed by atoms with Gasteiger partial charge in [0.1, 0.15) is 17.3 Å². The van der Waals surface area contributed by atoms with Crippen molar-refractivity contribution in [2.75, 3.05) is 37.6 Å². The zero-order chi connectivity index (χ0) is 21.6. The molecule has 0 saturated carbocycles. The summed E-state index contributed by atoms with van der Waals surface area (Å²) >= 11 is 0. The highest BCUT2D eigenvalue weighted by molar-refractivity contribution is 5.95. The Kier molecular flexibility index (Phi) is 6.43. The highest BCUT2D eigenvalue weighted by atomic mass is 19.1. The van der Waals surface area contributed by atoms with E-state index in [-0.39, 0.29) is 11.5 Å². The summed E-state index contributed by atoms with van der Waals surface area (Å²) in [5.74, 6) is 0.173. The van der Waals surface area contributed by atoms with Crippen molar-refractivity contribution >= 4 is 11.6 Å². The molecule has 2 aromatic carbocycles. The molecule has 0 aliphatic carbocycles. The van der Waals surface area contributed by atoms with Crippen LogP contribution in [0.5, 0.6) is 11.5 Å². The van der Waals surface area contributed by atoms with Gasteiger partial charge in [-0.3, -0.25) is 9.78 Å². The number of piperazine rings is 1. The summed E-state index contributed by atoms with van der Waals surface area (Å²) in [6, 6.07) is 15.7. The highest BCUT2D eigenvalue weighted by Gasteiger charge is 2.24. The van der Waals surface area contributed by atoms with E-state index in [9.17, 15) is 9.18 Å². The number of amides is 1. The molecule has 7 heteroatoms. The number of benzene rings is 2. The molecule has 2 N–H and O–H groups in total. The summed E-state index contributed by atoms with van der Waals surface area (Å²) in [6.07, 6.45) is 4.29. The van der Waals surface area contributed by atoms with Gasteiger partial charge in [-0.1, -0.05) is 12.1 Å². The molecule has 31 heavy (non-hydrogen) atoms. The number of rotatable bonds is 6. The third kappa shape index (κ3) is 5.00. The van der Waals surface area contributed by atoms with Crippen molar-refractivity contribution in [2.24, 2.45) is 5.73 Å². The standard InChI is InChI=1S/C24H25FN4O2/c25-23-6-5-21(31-20-3-1-18(2-4-20)7-10-26)17-22(23)24(30)29-15-13-28(14-16-29)19-8-11-27-12-9-19/h1-6,8-9,11-12,17H,7,10,13-16,26H2. The SMILES string of the molecule is NCCc1ccc(Oc2ccc(F)c(C(=O)N3CCN(c4ccncc4)CC3)c2)cc1. The molecule has 0 radical (unpaired) electrons. The quantitative estimate of drug-likeness (QED) is 0.661. The molecular formula is C24H25FN4O2. The van der Waals surface area contributed by atoms with Crippen molar-refractivity contribution < 1.29 is 13.9 Å². The van der Waals surface area contributed by atoms with Gasteiger partial charge in [-0.15, -0.1) is 0 Å². The number of pyridine rings is 1. The van der Waals surface area contributed by atoms with E-state index in [4.69, 9.17) is 10.5 Å². The molecule has 1 aliphatic rings. The number of aromatic nitrogens is 1. The first kappa shape index (κ1) is 20.8. The van der Waals surface area contributed by atoms with Gasteiger partial charge in [0.25, 0.3) is 5.91 Å². The maximum atomic E-state index is 14.5. The van der Waals surface area contributed by atoms with Crippen molar-refractivity contribution in [1.82, 2.24) is 9.88 Å². The number of hydrogen-bond donors (Lipinski definition) is 1. The fourth-order valence-corrected chi connectivity index (χ4v) is 3.65. The average Bonchev–Trinajstić information content (AvgIpc) is 2.82. The predicted octanol–water partition coefficient (Wildman–Crippen LogP) is 3.48. The molecule has 1 aromatic heterocycles. The van der Waals surface area contributed by atoms with Crippen LogP contribution in [0.2, 0.25) is 0 Å². The van der Waals surface area contributed by atoms with Crippen LogP contribution < -0.4 is 15.4 Å². The third-order valence-corrected chi connectivity index (χ3v) is 5.36. The van der Waals surface area contributed by atoms with Gasteiger partial charge in [-0.25, -0.2) is 4.39 Å². The molecule has 0 bridgehead atoms. The van der Waals surface area contributed by atoms with E-state index in [2.05, 4.69) is 9.88 Å². The molecule has 1 fully saturated rings. The lowest BCUT2D eigenvalue weighted by Crippen LogP contribution is -2.49. The maximum absolute atomic E-state index is 14.5. The summed E-state index contributed by atoms with van der Waals surface area (Å²) in [5, 5.41) is 0. The smallest absolute Gasteiger partial charge is 0.257 e. The number of halogens is 1. The number of carbonyl (C=O) groups is 1. The summed E-state index contributed by atoms with van der Waals surface area (Å²) in [4.78, 5) is 20.9. The summed E-state index contributed by atoms with van der Waals surface area (Å²) in [6.45, 7) is 2.99. The summed E-state index contributed by atoms with van der Waals surface area (Å²) < 4.78 is 20.3. The topological polar surface area (TPSA) is 71.7 Å². The van der Waals surface area contributed by atoms with E-state index in [1.54, 1.807) is 17.3 Å². The van der Waals surface area contributed by atoms with E-state index in [0.717, 1.165) is 17.7 Å². The second-order valence-corrected chi connectivity index (χ2v) is 7.41. The molecule has 3 aromatic rings. The van der Waals surface area contributed by atoms with E-state index in [1.807, 2.05) is 36.4 Å². The lowest BCUT2D eigenvalue weighted by molar-refractivity contribution is 0.0741. The Morgan fingerprint density at radius 1 is 0.968 bits per heavy atom. The normalized spacial score (nSPS) is 13.9. The molecule has 0 unspecified atom stereocenters. The Morgan fingerprint density at radius 2 is 1.65 bits per heavy atom. The van der Waals surface area contributed by atoms with Crippen LogP contribution in [0.1, 0.15) is 15.9 Å². The average molecular weight is 420 g/mol. The molecule has 0 spiro atoms. The van der Waals surface area contributed by atoms with Crippen LogP contribution in [0.4, 0.5) is 10.1 Å². The number of ether oxygens (including phenoxy) is 1. The minimum atomic E-state index is -0.549. The summed E-state index contributed by atoms with van der Waals surface area (Å²) in [7, 11) is 0. The van der Waals surface area contributed by atoms with Crippen molar-refractivity contribution in [3.8, 4) is 11.5 Å². The molecule has 1 saturated heterocycles. The Bertz CT molecular complexity index is 1020. The zero-order valence-corrected chi connectivity index (χ0v) is 17.2. The fourth-order valence-electron chi connectivity index (χ4n) is 3.65. The molecule has 1 aliphatic heterocycles. The van der Waals surface area contributed by atoms with Gasteiger partial charge in [0, 0.05) is 44.3 Å². The molecule has 6 nitrogen and oxygen atoms in total. The Morgan fingerprint density at radius 3 is 2.32 bits per heavy atom. The fraction of sp³-hybridized carbons (Fsp3) is 0.250. The third-order valence-electron chi connectivity index (χ3n) is 5.36. The first-order valence-electron chi connectivity index (χ1n) is 10.3. The molecular weight excluding hydrogens is 395 g/mol. The van der Waals surface area contributed by atoms with Crippen molar-refractivity contribution in [3.05, 3.63) is 83.9 Å². The van der Waals surface area contributed by atoms with Crippen LogP contribution in [-0.2, 0) is 6.42 Å². The maximum Gasteiger partial charge on any atom is 0.257 e. The van der Waals surface area contributed by atoms with Gasteiger partial charge in [-0.2, -0.15) is 0 Å². The second kappa shape index (κ2) is 9.57. The molecule has 2 heterocycles. The van der Waals surface area contributed by atoms with Gasteiger partial charge >= 0.3 is 0 Å². The van der Waals surface area contributed by atoms with Gasteiger partial charge in [0.2, 0.25) is 0 Å². The van der Waals surface area contributed by atoms with Gasteiger partial charge in [-0.05, 0) is 61.0 Å². The van der Waals surface area contributed by atoms with Gasteiger partial charge in [0.05, 0.1) is 5.56 Å². The number of hydrogen-bond acceptors (Lipinski definition) is 5. The van der Waals surface area contributed by atoms with Crippen LogP contribution in [0.3, 0.4) is 0 Å². The second-order valence-electron chi connectivity index (χ2n) is 7.41. The largest absolute Gasteiger partial charge is 0.457 e.